The van der Waals surface area contributed by atoms with Crippen molar-refractivity contribution >= 4 is 5.91 Å². The number of ether oxygens (including phenoxy) is 1. The number of carbonyl (C=O) groups excluding carboxylic acids is 1. The molecule has 0 saturated carbocycles. The van der Waals surface area contributed by atoms with Crippen LogP contribution in [0.25, 0.3) is 0 Å². The van der Waals surface area contributed by atoms with Crippen LogP contribution in [0.5, 0.6) is 5.75 Å². The average molecular weight is 315 g/mol. The summed E-state index contributed by atoms with van der Waals surface area (Å²) in [6.45, 7) is 4.91. The van der Waals surface area contributed by atoms with E-state index in [4.69, 9.17) is 4.74 Å². The van der Waals surface area contributed by atoms with Crippen molar-refractivity contribution in [3.8, 4) is 5.75 Å². The maximum atomic E-state index is 12.4. The largest absolute Gasteiger partial charge is 0.496 e. The first-order valence-corrected chi connectivity index (χ1v) is 7.73. The highest BCUT2D eigenvalue weighted by atomic mass is 16.5. The van der Waals surface area contributed by atoms with E-state index in [1.165, 1.54) is 0 Å². The van der Waals surface area contributed by atoms with Crippen LogP contribution in [0.15, 0.2) is 12.5 Å². The fraction of sp³-hybridized carbons (Fsp3) is 0.500. The number of pyridine rings is 1. The van der Waals surface area contributed by atoms with Gasteiger partial charge in [-0.15, -0.1) is 0 Å². The molecule has 1 amide bonds. The second kappa shape index (κ2) is 6.36. The van der Waals surface area contributed by atoms with Gasteiger partial charge in [-0.2, -0.15) is 5.10 Å². The molecule has 2 aromatic rings. The normalized spacial score (nSPS) is 16.7. The van der Waals surface area contributed by atoms with E-state index in [0.717, 1.165) is 41.2 Å². The minimum atomic E-state index is -0.0724. The number of carbonyl (C=O) groups is 1. The molecule has 7 nitrogen and oxygen atoms in total. The molecular weight excluding hydrogens is 294 g/mol. The Morgan fingerprint density at radius 2 is 2.26 bits per heavy atom. The Balaban J connectivity index is 1.64. The van der Waals surface area contributed by atoms with Gasteiger partial charge in [0, 0.05) is 23.7 Å². The van der Waals surface area contributed by atoms with E-state index in [1.807, 2.05) is 18.5 Å². The predicted molar refractivity (Wildman–Crippen MR) is 83.9 cm³/mol. The summed E-state index contributed by atoms with van der Waals surface area (Å²) in [7, 11) is 1.65. The fourth-order valence-electron chi connectivity index (χ4n) is 3.02. The van der Waals surface area contributed by atoms with Crippen LogP contribution in [-0.2, 0) is 24.3 Å². The summed E-state index contributed by atoms with van der Waals surface area (Å²) in [5, 5.41) is 7.14. The SMILES string of the molecule is COc1c(C)cnc(CNC(=O)C2CCc3ncnn3C2)c1C. The third-order valence-electron chi connectivity index (χ3n) is 4.36. The number of hydrogen-bond acceptors (Lipinski definition) is 5. The van der Waals surface area contributed by atoms with Gasteiger partial charge in [-0.05, 0) is 20.3 Å². The fourth-order valence-corrected chi connectivity index (χ4v) is 3.02. The zero-order valence-corrected chi connectivity index (χ0v) is 13.7. The van der Waals surface area contributed by atoms with Gasteiger partial charge in [0.2, 0.25) is 5.91 Å². The summed E-state index contributed by atoms with van der Waals surface area (Å²) in [4.78, 5) is 21.0. The molecule has 0 saturated heterocycles. The van der Waals surface area contributed by atoms with Crippen LogP contribution < -0.4 is 10.1 Å². The highest BCUT2D eigenvalue weighted by Crippen LogP contribution is 2.24. The Labute approximate surface area is 135 Å². The van der Waals surface area contributed by atoms with Gasteiger partial charge >= 0.3 is 0 Å². The molecule has 3 heterocycles. The molecule has 0 radical (unpaired) electrons. The molecule has 0 bridgehead atoms. The third kappa shape index (κ3) is 3.04. The number of hydrogen-bond donors (Lipinski definition) is 1. The predicted octanol–water partition coefficient (Wildman–Crippen LogP) is 1.18. The van der Waals surface area contributed by atoms with Crippen molar-refractivity contribution in [1.82, 2.24) is 25.1 Å². The molecule has 0 fully saturated rings. The van der Waals surface area contributed by atoms with E-state index < -0.39 is 0 Å². The lowest BCUT2D eigenvalue weighted by Gasteiger charge is -2.22. The Morgan fingerprint density at radius 3 is 3.04 bits per heavy atom. The lowest BCUT2D eigenvalue weighted by molar-refractivity contribution is -0.126. The molecule has 0 spiro atoms. The van der Waals surface area contributed by atoms with Gasteiger partial charge in [0.25, 0.3) is 0 Å². The van der Waals surface area contributed by atoms with Gasteiger partial charge in [0.15, 0.2) is 0 Å². The molecule has 0 aliphatic carbocycles. The van der Waals surface area contributed by atoms with E-state index in [-0.39, 0.29) is 11.8 Å². The smallest absolute Gasteiger partial charge is 0.225 e. The van der Waals surface area contributed by atoms with Crippen molar-refractivity contribution in [1.29, 1.82) is 0 Å². The van der Waals surface area contributed by atoms with Crippen LogP contribution in [0.4, 0.5) is 0 Å². The lowest BCUT2D eigenvalue weighted by Crippen LogP contribution is -2.36. The minimum absolute atomic E-state index is 0.0342. The first-order chi connectivity index (χ1) is 11.1. The maximum absolute atomic E-state index is 12.4. The van der Waals surface area contributed by atoms with E-state index >= 15 is 0 Å². The monoisotopic (exact) mass is 315 g/mol. The van der Waals surface area contributed by atoms with Gasteiger partial charge in [0.05, 0.1) is 31.8 Å². The molecule has 7 heteroatoms. The summed E-state index contributed by atoms with van der Waals surface area (Å²) in [6.07, 6.45) is 4.90. The highest BCUT2D eigenvalue weighted by Gasteiger charge is 2.25. The molecule has 1 N–H and O–H groups in total. The average Bonchev–Trinajstić information content (AvgIpc) is 3.02. The standard InChI is InChI=1S/C16H21N5O2/c1-10-6-17-13(11(2)15(10)23-3)7-18-16(22)12-4-5-14-19-9-20-21(14)8-12/h6,9,12H,4-5,7-8H2,1-3H3,(H,18,22). The van der Waals surface area contributed by atoms with Crippen molar-refractivity contribution in [2.75, 3.05) is 7.11 Å². The van der Waals surface area contributed by atoms with E-state index in [1.54, 1.807) is 19.6 Å². The molecule has 3 rings (SSSR count). The summed E-state index contributed by atoms with van der Waals surface area (Å²) in [6, 6.07) is 0. The Kier molecular flexibility index (Phi) is 4.27. The number of methoxy groups -OCH3 is 1. The Bertz CT molecular complexity index is 725. The first kappa shape index (κ1) is 15.5. The molecule has 1 unspecified atom stereocenters. The molecular formula is C16H21N5O2. The van der Waals surface area contributed by atoms with Crippen molar-refractivity contribution < 1.29 is 9.53 Å². The number of fused-ring (bicyclic) bond motifs is 1. The lowest BCUT2D eigenvalue weighted by atomic mass is 9.99. The number of aryl methyl sites for hydroxylation is 2. The van der Waals surface area contributed by atoms with E-state index in [9.17, 15) is 4.79 Å². The molecule has 1 aliphatic rings. The van der Waals surface area contributed by atoms with Crippen LogP contribution in [0.2, 0.25) is 0 Å². The van der Waals surface area contributed by atoms with Crippen LogP contribution in [0.1, 0.15) is 29.1 Å². The van der Waals surface area contributed by atoms with Crippen LogP contribution in [0.3, 0.4) is 0 Å². The zero-order valence-electron chi connectivity index (χ0n) is 13.7. The van der Waals surface area contributed by atoms with Gasteiger partial charge in [-0.3, -0.25) is 9.78 Å². The zero-order chi connectivity index (χ0) is 16.4. The highest BCUT2D eigenvalue weighted by molar-refractivity contribution is 5.78. The van der Waals surface area contributed by atoms with Gasteiger partial charge in [0.1, 0.15) is 17.9 Å². The molecule has 0 aromatic carbocycles. The molecule has 23 heavy (non-hydrogen) atoms. The number of aromatic nitrogens is 4. The quantitative estimate of drug-likeness (QED) is 0.916. The van der Waals surface area contributed by atoms with Gasteiger partial charge < -0.3 is 10.1 Å². The minimum Gasteiger partial charge on any atom is -0.496 e. The summed E-state index contributed by atoms with van der Waals surface area (Å²) in [5.41, 5.74) is 2.79. The number of nitrogens with one attached hydrogen (secondary N) is 1. The van der Waals surface area contributed by atoms with Gasteiger partial charge in [-0.25, -0.2) is 9.67 Å². The number of nitrogens with zero attached hydrogens (tertiary/aromatic N) is 4. The van der Waals surface area contributed by atoms with Crippen molar-refractivity contribution in [2.45, 2.75) is 39.8 Å². The second-order valence-corrected chi connectivity index (χ2v) is 5.86. The van der Waals surface area contributed by atoms with Crippen LogP contribution >= 0.6 is 0 Å². The maximum Gasteiger partial charge on any atom is 0.225 e. The van der Waals surface area contributed by atoms with Crippen molar-refractivity contribution in [3.05, 3.63) is 35.2 Å². The van der Waals surface area contributed by atoms with E-state index in [2.05, 4.69) is 20.4 Å². The van der Waals surface area contributed by atoms with Crippen LogP contribution in [0, 0.1) is 19.8 Å². The Morgan fingerprint density at radius 1 is 1.43 bits per heavy atom. The number of amides is 1. The molecule has 1 aliphatic heterocycles. The summed E-state index contributed by atoms with van der Waals surface area (Å²) >= 11 is 0. The molecule has 2 aromatic heterocycles. The van der Waals surface area contributed by atoms with E-state index in [0.29, 0.717) is 13.1 Å². The second-order valence-electron chi connectivity index (χ2n) is 5.86. The summed E-state index contributed by atoms with van der Waals surface area (Å²) in [5.74, 6) is 1.74. The van der Waals surface area contributed by atoms with Gasteiger partial charge in [-0.1, -0.05) is 0 Å². The Hall–Kier alpha value is -2.44. The van der Waals surface area contributed by atoms with Crippen molar-refractivity contribution in [3.63, 3.8) is 0 Å². The first-order valence-electron chi connectivity index (χ1n) is 7.73. The van der Waals surface area contributed by atoms with Crippen LogP contribution in [-0.4, -0.2) is 32.8 Å². The summed E-state index contributed by atoms with van der Waals surface area (Å²) < 4.78 is 7.21. The van der Waals surface area contributed by atoms with Crippen molar-refractivity contribution in [2.24, 2.45) is 5.92 Å². The molecule has 122 valence electrons. The topological polar surface area (TPSA) is 81.9 Å². The number of rotatable bonds is 4. The third-order valence-corrected chi connectivity index (χ3v) is 4.36. The molecule has 1 atom stereocenters.